The van der Waals surface area contributed by atoms with Crippen molar-refractivity contribution >= 4 is 28.4 Å². The van der Waals surface area contributed by atoms with Crippen LogP contribution < -0.4 is 4.90 Å². The third kappa shape index (κ3) is 6.34. The summed E-state index contributed by atoms with van der Waals surface area (Å²) >= 11 is 0. The van der Waals surface area contributed by atoms with Crippen molar-refractivity contribution < 1.29 is 14.3 Å². The van der Waals surface area contributed by atoms with Gasteiger partial charge >= 0.3 is 6.03 Å². The number of aromatic amines is 1. The molecule has 9 heteroatoms. The topological polar surface area (TPSA) is 86.7 Å². The number of para-hydroxylation sites is 1. The number of anilines is 1. The first-order chi connectivity index (χ1) is 23.5. The number of carbonyl (C=O) groups is 2. The van der Waals surface area contributed by atoms with Gasteiger partial charge in [0.2, 0.25) is 0 Å². The summed E-state index contributed by atoms with van der Waals surface area (Å²) in [4.78, 5) is 41.2. The summed E-state index contributed by atoms with van der Waals surface area (Å²) in [6.07, 6.45) is 12.5. The molecule has 4 heterocycles. The number of ether oxygens (including phenoxy) is 1. The fraction of sp³-hybridized carbons (Fsp3) is 0.359. The molecule has 7 rings (SSSR count). The summed E-state index contributed by atoms with van der Waals surface area (Å²) in [7, 11) is 3.48. The largest absolute Gasteiger partial charge is 0.383 e. The first-order valence-corrected chi connectivity index (χ1v) is 17.1. The van der Waals surface area contributed by atoms with Crippen molar-refractivity contribution in [1.29, 1.82) is 0 Å². The number of likely N-dealkylation sites (tertiary alicyclic amines) is 1. The monoisotopic (exact) mass is 644 g/mol. The van der Waals surface area contributed by atoms with E-state index in [2.05, 4.69) is 69.3 Å². The van der Waals surface area contributed by atoms with Crippen LogP contribution in [0.4, 0.5) is 10.5 Å². The Morgan fingerprint density at radius 3 is 2.58 bits per heavy atom. The van der Waals surface area contributed by atoms with Crippen molar-refractivity contribution in [2.45, 2.75) is 38.1 Å². The van der Waals surface area contributed by atoms with E-state index in [1.807, 2.05) is 47.4 Å². The molecule has 0 radical (unpaired) electrons. The van der Waals surface area contributed by atoms with Gasteiger partial charge in [0, 0.05) is 64.0 Å². The quantitative estimate of drug-likeness (QED) is 0.187. The van der Waals surface area contributed by atoms with Gasteiger partial charge in [0.25, 0.3) is 5.91 Å². The number of aryl methyl sites for hydroxylation is 1. The molecule has 2 aliphatic heterocycles. The van der Waals surface area contributed by atoms with Crippen molar-refractivity contribution in [1.82, 2.24) is 24.3 Å². The first kappa shape index (κ1) is 31.7. The second kappa shape index (κ2) is 14.1. The van der Waals surface area contributed by atoms with E-state index in [0.717, 1.165) is 85.0 Å². The molecular weight excluding hydrogens is 600 g/mol. The molecule has 1 atom stereocenters. The SMILES string of the molecule is COCCN(C)C(=O)c1cn(C(CC2CCN(C(=O)N3CCCc4ccccc43)CC2)c2cnc[nH]2)cc1-c1cccc2ccccc12. The molecule has 0 spiro atoms. The minimum atomic E-state index is -0.0479. The van der Waals surface area contributed by atoms with E-state index in [9.17, 15) is 9.59 Å². The second-order valence-corrected chi connectivity index (χ2v) is 13.1. The zero-order valence-electron chi connectivity index (χ0n) is 27.8. The normalized spacial score (nSPS) is 15.8. The van der Waals surface area contributed by atoms with Crippen LogP contribution in [0.5, 0.6) is 0 Å². The summed E-state index contributed by atoms with van der Waals surface area (Å²) in [6, 6.07) is 23.0. The van der Waals surface area contributed by atoms with E-state index in [1.165, 1.54) is 5.56 Å². The number of benzene rings is 3. The zero-order valence-corrected chi connectivity index (χ0v) is 27.8. The van der Waals surface area contributed by atoms with Gasteiger partial charge in [-0.15, -0.1) is 0 Å². The van der Waals surface area contributed by atoms with Crippen molar-refractivity contribution in [3.8, 4) is 11.1 Å². The Balaban J connectivity index is 1.16. The van der Waals surface area contributed by atoms with Crippen LogP contribution in [0.2, 0.25) is 0 Å². The molecule has 1 N–H and O–H groups in total. The number of likely N-dealkylation sites (N-methyl/N-ethyl adjacent to an activating group) is 1. The molecule has 1 saturated heterocycles. The molecule has 3 amide bonds. The molecule has 248 valence electrons. The Morgan fingerprint density at radius 1 is 0.979 bits per heavy atom. The molecule has 48 heavy (non-hydrogen) atoms. The van der Waals surface area contributed by atoms with Gasteiger partial charge < -0.3 is 24.1 Å². The Labute approximate surface area is 282 Å². The number of piperidine rings is 1. The molecule has 0 saturated carbocycles. The van der Waals surface area contributed by atoms with E-state index in [-0.39, 0.29) is 18.0 Å². The van der Waals surface area contributed by atoms with Crippen LogP contribution in [0.25, 0.3) is 21.9 Å². The number of methoxy groups -OCH3 is 1. The average Bonchev–Trinajstić information content (AvgIpc) is 3.83. The van der Waals surface area contributed by atoms with Crippen LogP contribution in [-0.4, -0.2) is 83.2 Å². The second-order valence-electron chi connectivity index (χ2n) is 13.1. The molecule has 0 aliphatic carbocycles. The Kier molecular flexibility index (Phi) is 9.29. The number of urea groups is 1. The first-order valence-electron chi connectivity index (χ1n) is 17.1. The summed E-state index contributed by atoms with van der Waals surface area (Å²) in [5.74, 6) is 0.367. The number of imidazole rings is 1. The highest BCUT2D eigenvalue weighted by Crippen LogP contribution is 2.37. The van der Waals surface area contributed by atoms with Crippen LogP contribution in [0.15, 0.2) is 91.6 Å². The molecule has 1 fully saturated rings. The van der Waals surface area contributed by atoms with Gasteiger partial charge in [0.1, 0.15) is 0 Å². The fourth-order valence-corrected chi connectivity index (χ4v) is 7.47. The van der Waals surface area contributed by atoms with Gasteiger partial charge in [-0.05, 0) is 66.0 Å². The number of amides is 3. The molecule has 1 unspecified atom stereocenters. The van der Waals surface area contributed by atoms with Crippen LogP contribution in [0.1, 0.15) is 53.3 Å². The van der Waals surface area contributed by atoms with Crippen molar-refractivity contribution in [2.75, 3.05) is 51.8 Å². The van der Waals surface area contributed by atoms with Crippen molar-refractivity contribution in [3.63, 3.8) is 0 Å². The van der Waals surface area contributed by atoms with Gasteiger partial charge in [-0.1, -0.05) is 60.7 Å². The predicted octanol–water partition coefficient (Wildman–Crippen LogP) is 7.01. The summed E-state index contributed by atoms with van der Waals surface area (Å²) < 4.78 is 7.48. The molecular formula is C39H44N6O3. The molecule has 2 aromatic heterocycles. The smallest absolute Gasteiger partial charge is 0.324 e. The number of aromatic nitrogens is 3. The fourth-order valence-electron chi connectivity index (χ4n) is 7.47. The molecule has 2 aliphatic rings. The third-order valence-corrected chi connectivity index (χ3v) is 10.2. The van der Waals surface area contributed by atoms with Crippen LogP contribution >= 0.6 is 0 Å². The van der Waals surface area contributed by atoms with Gasteiger partial charge in [0.15, 0.2) is 0 Å². The van der Waals surface area contributed by atoms with Gasteiger partial charge in [-0.2, -0.15) is 0 Å². The highest BCUT2D eigenvalue weighted by molar-refractivity contribution is 6.06. The molecule has 9 nitrogen and oxygen atoms in total. The van der Waals surface area contributed by atoms with Gasteiger partial charge in [0.05, 0.1) is 36.4 Å². The molecule has 3 aromatic carbocycles. The Morgan fingerprint density at radius 2 is 1.77 bits per heavy atom. The lowest BCUT2D eigenvalue weighted by molar-refractivity contribution is 0.0745. The highest BCUT2D eigenvalue weighted by atomic mass is 16.5. The van der Waals surface area contributed by atoms with Gasteiger partial charge in [-0.3, -0.25) is 9.69 Å². The number of H-pyrrole nitrogens is 1. The number of carbonyl (C=O) groups excluding carboxylic acids is 2. The number of nitrogens with one attached hydrogen (secondary N) is 1. The Hall–Kier alpha value is -4.89. The molecule has 5 aromatic rings. The Bertz CT molecular complexity index is 1870. The van der Waals surface area contributed by atoms with E-state index in [0.29, 0.717) is 24.6 Å². The maximum Gasteiger partial charge on any atom is 0.324 e. The maximum atomic E-state index is 14.0. The maximum absolute atomic E-state index is 14.0. The van der Waals surface area contributed by atoms with E-state index in [4.69, 9.17) is 4.74 Å². The minimum Gasteiger partial charge on any atom is -0.383 e. The van der Waals surface area contributed by atoms with E-state index < -0.39 is 0 Å². The predicted molar refractivity (Wildman–Crippen MR) is 189 cm³/mol. The highest BCUT2D eigenvalue weighted by Gasteiger charge is 2.32. The third-order valence-electron chi connectivity index (χ3n) is 10.2. The number of rotatable bonds is 9. The number of nitrogens with zero attached hydrogens (tertiary/aromatic N) is 5. The lowest BCUT2D eigenvalue weighted by Crippen LogP contribution is -2.48. The minimum absolute atomic E-state index is 0.0387. The van der Waals surface area contributed by atoms with Crippen LogP contribution in [-0.2, 0) is 11.2 Å². The summed E-state index contributed by atoms with van der Waals surface area (Å²) in [6.45, 7) is 3.21. The summed E-state index contributed by atoms with van der Waals surface area (Å²) in [5, 5.41) is 2.24. The number of fused-ring (bicyclic) bond motifs is 2. The van der Waals surface area contributed by atoms with Crippen LogP contribution in [0.3, 0.4) is 0 Å². The average molecular weight is 645 g/mol. The van der Waals surface area contributed by atoms with Gasteiger partial charge in [-0.25, -0.2) is 9.78 Å². The lowest BCUT2D eigenvalue weighted by atomic mass is 9.89. The summed E-state index contributed by atoms with van der Waals surface area (Å²) in [5.41, 5.74) is 5.92. The zero-order chi connectivity index (χ0) is 33.0. The van der Waals surface area contributed by atoms with Crippen molar-refractivity contribution in [2.24, 2.45) is 5.92 Å². The number of hydrogen-bond acceptors (Lipinski definition) is 4. The van der Waals surface area contributed by atoms with E-state index >= 15 is 0 Å². The van der Waals surface area contributed by atoms with Crippen LogP contribution in [0, 0.1) is 5.92 Å². The lowest BCUT2D eigenvalue weighted by Gasteiger charge is -2.38. The van der Waals surface area contributed by atoms with Crippen molar-refractivity contribution in [3.05, 3.63) is 108 Å². The van der Waals surface area contributed by atoms with E-state index in [1.54, 1.807) is 18.3 Å². The molecule has 0 bridgehead atoms. The number of hydrogen-bond donors (Lipinski definition) is 1. The standard InChI is InChI=1S/C39H44N6O3/c1-42(21-22-48-2)38(46)34-26-44(25-33(34)32-14-7-11-29-9-3-5-13-31(29)32)37(35-24-40-27-41-35)23-28-16-19-43(20-17-28)39(47)45-18-8-12-30-10-4-6-15-36(30)45/h3-7,9-11,13-15,24-28,37H,8,12,16-23H2,1-2H3,(H,40,41).